The average molecular weight is 465 g/mol. The van der Waals surface area contributed by atoms with Gasteiger partial charge in [0.2, 0.25) is 11.8 Å². The van der Waals surface area contributed by atoms with Gasteiger partial charge in [0, 0.05) is 9.79 Å². The van der Waals surface area contributed by atoms with Crippen molar-refractivity contribution in [3.05, 3.63) is 78.0 Å². The Bertz CT molecular complexity index is 1130. The summed E-state index contributed by atoms with van der Waals surface area (Å²) in [6, 6.07) is 21.9. The number of rotatable bonds is 10. The smallest absolute Gasteiger partial charge is 0.257 e. The van der Waals surface area contributed by atoms with Crippen LogP contribution in [0.3, 0.4) is 0 Å². The summed E-state index contributed by atoms with van der Waals surface area (Å²) in [5.41, 5.74) is 0.806. The van der Waals surface area contributed by atoms with Crippen LogP contribution in [0.4, 0.5) is 5.69 Å². The van der Waals surface area contributed by atoms with E-state index in [2.05, 4.69) is 34.6 Å². The van der Waals surface area contributed by atoms with E-state index in [0.29, 0.717) is 18.3 Å². The number of amides is 1. The molecule has 0 saturated carbocycles. The molecule has 2 aromatic heterocycles. The molecule has 0 fully saturated rings. The average Bonchev–Trinajstić information content (AvgIpc) is 3.48. The number of carbonyl (C=O) groups is 1. The van der Waals surface area contributed by atoms with E-state index in [1.165, 1.54) is 0 Å². The number of hydrogen-bond donors (Lipinski definition) is 1. The third-order valence-electron chi connectivity index (χ3n) is 4.60. The van der Waals surface area contributed by atoms with Crippen LogP contribution in [0.5, 0.6) is 0 Å². The molecular weight excluding hydrogens is 440 g/mol. The molecule has 1 amide bonds. The van der Waals surface area contributed by atoms with E-state index in [-0.39, 0.29) is 12.5 Å². The maximum atomic E-state index is 12.9. The van der Waals surface area contributed by atoms with Gasteiger partial charge < -0.3 is 9.73 Å². The second kappa shape index (κ2) is 11.1. The van der Waals surface area contributed by atoms with Gasteiger partial charge in [-0.15, -0.1) is 21.5 Å². The number of aromatic nitrogens is 2. The number of anilines is 1. The zero-order valence-electron chi connectivity index (χ0n) is 17.7. The van der Waals surface area contributed by atoms with Gasteiger partial charge >= 0.3 is 0 Å². The highest BCUT2D eigenvalue weighted by molar-refractivity contribution is 7.99. The quantitative estimate of drug-likeness (QED) is 0.320. The first-order chi connectivity index (χ1) is 15.7. The molecule has 4 aromatic rings. The first kappa shape index (κ1) is 22.3. The molecule has 0 bridgehead atoms. The molecule has 0 atom stereocenters. The fourth-order valence-electron chi connectivity index (χ4n) is 3.21. The number of carbonyl (C=O) groups excluding carboxylic acids is 1. The standard InChI is InChI=1S/C24H24N4O2S2/c1-2-14-28(17-23-26-27-24(30-23)21-13-8-15-31-21)16-22(29)25-19-11-6-7-12-20(19)32-18-9-4-3-5-10-18/h3-13,15H,2,14,16-17H2,1H3,(H,25,29). The molecule has 2 heterocycles. The lowest BCUT2D eigenvalue weighted by Gasteiger charge is -2.19. The van der Waals surface area contributed by atoms with Crippen LogP contribution in [-0.2, 0) is 11.3 Å². The highest BCUT2D eigenvalue weighted by Crippen LogP contribution is 2.33. The number of para-hydroxylation sites is 1. The van der Waals surface area contributed by atoms with E-state index >= 15 is 0 Å². The Morgan fingerprint density at radius 3 is 2.66 bits per heavy atom. The maximum Gasteiger partial charge on any atom is 0.257 e. The summed E-state index contributed by atoms with van der Waals surface area (Å²) in [4.78, 5) is 18.0. The monoisotopic (exact) mass is 464 g/mol. The minimum atomic E-state index is -0.0717. The molecule has 0 aliphatic rings. The molecule has 0 saturated heterocycles. The number of benzene rings is 2. The molecule has 2 aromatic carbocycles. The van der Waals surface area contributed by atoms with Crippen molar-refractivity contribution >= 4 is 34.7 Å². The highest BCUT2D eigenvalue weighted by Gasteiger charge is 2.17. The third-order valence-corrected chi connectivity index (χ3v) is 6.54. The van der Waals surface area contributed by atoms with E-state index in [1.807, 2.05) is 64.9 Å². The summed E-state index contributed by atoms with van der Waals surface area (Å²) in [7, 11) is 0. The molecular formula is C24H24N4O2S2. The van der Waals surface area contributed by atoms with Gasteiger partial charge in [-0.05, 0) is 48.7 Å². The Balaban J connectivity index is 1.39. The van der Waals surface area contributed by atoms with Crippen LogP contribution in [-0.4, -0.2) is 34.1 Å². The Hall–Kier alpha value is -2.94. The number of nitrogens with one attached hydrogen (secondary N) is 1. The molecule has 0 radical (unpaired) electrons. The first-order valence-corrected chi connectivity index (χ1v) is 12.1. The molecule has 4 rings (SSSR count). The van der Waals surface area contributed by atoms with Gasteiger partial charge in [0.05, 0.1) is 23.7 Å². The summed E-state index contributed by atoms with van der Waals surface area (Å²) in [6.45, 7) is 3.51. The SMILES string of the molecule is CCCN(CC(=O)Nc1ccccc1Sc1ccccc1)Cc1nnc(-c2cccs2)o1. The van der Waals surface area contributed by atoms with Crippen LogP contribution in [0, 0.1) is 0 Å². The summed E-state index contributed by atoms with van der Waals surface area (Å²) in [6.07, 6.45) is 0.916. The van der Waals surface area contributed by atoms with Gasteiger partial charge in [0.1, 0.15) is 0 Å². The molecule has 1 N–H and O–H groups in total. The molecule has 6 nitrogen and oxygen atoms in total. The largest absolute Gasteiger partial charge is 0.419 e. The topological polar surface area (TPSA) is 71.3 Å². The van der Waals surface area contributed by atoms with Crippen molar-refractivity contribution in [1.29, 1.82) is 0 Å². The van der Waals surface area contributed by atoms with E-state index < -0.39 is 0 Å². The molecule has 164 valence electrons. The van der Waals surface area contributed by atoms with Crippen molar-refractivity contribution in [2.45, 2.75) is 29.7 Å². The number of thiophene rings is 1. The second-order valence-electron chi connectivity index (χ2n) is 7.15. The van der Waals surface area contributed by atoms with Crippen LogP contribution in [0.15, 0.2) is 86.3 Å². The lowest BCUT2D eigenvalue weighted by Crippen LogP contribution is -2.33. The molecule has 0 aliphatic carbocycles. The first-order valence-electron chi connectivity index (χ1n) is 10.4. The molecule has 0 spiro atoms. The summed E-state index contributed by atoms with van der Waals surface area (Å²) >= 11 is 3.18. The third kappa shape index (κ3) is 6.06. The van der Waals surface area contributed by atoms with Crippen LogP contribution < -0.4 is 5.32 Å². The summed E-state index contributed by atoms with van der Waals surface area (Å²) < 4.78 is 5.80. The van der Waals surface area contributed by atoms with Crippen molar-refractivity contribution in [2.75, 3.05) is 18.4 Å². The lowest BCUT2D eigenvalue weighted by molar-refractivity contribution is -0.117. The van der Waals surface area contributed by atoms with Crippen LogP contribution in [0.2, 0.25) is 0 Å². The van der Waals surface area contributed by atoms with Crippen molar-refractivity contribution in [2.24, 2.45) is 0 Å². The van der Waals surface area contributed by atoms with Crippen LogP contribution in [0.25, 0.3) is 10.8 Å². The van der Waals surface area contributed by atoms with Crippen molar-refractivity contribution in [3.63, 3.8) is 0 Å². The molecule has 32 heavy (non-hydrogen) atoms. The van der Waals surface area contributed by atoms with Gasteiger partial charge in [-0.25, -0.2) is 0 Å². The van der Waals surface area contributed by atoms with Crippen molar-refractivity contribution in [3.8, 4) is 10.8 Å². The number of hydrogen-bond acceptors (Lipinski definition) is 7. The fraction of sp³-hybridized carbons (Fsp3) is 0.208. The Labute approximate surface area is 195 Å². The summed E-state index contributed by atoms with van der Waals surface area (Å²) in [5.74, 6) is 0.954. The predicted octanol–water partition coefficient (Wildman–Crippen LogP) is 5.80. The fourth-order valence-corrected chi connectivity index (χ4v) is 4.77. The molecule has 0 unspecified atom stereocenters. The Morgan fingerprint density at radius 1 is 1.06 bits per heavy atom. The number of nitrogens with zero attached hydrogens (tertiary/aromatic N) is 3. The zero-order chi connectivity index (χ0) is 22.2. The predicted molar refractivity (Wildman–Crippen MR) is 129 cm³/mol. The van der Waals surface area contributed by atoms with Gasteiger partial charge in [-0.2, -0.15) is 0 Å². The highest BCUT2D eigenvalue weighted by atomic mass is 32.2. The van der Waals surface area contributed by atoms with Gasteiger partial charge in [0.25, 0.3) is 5.89 Å². The zero-order valence-corrected chi connectivity index (χ0v) is 19.4. The minimum absolute atomic E-state index is 0.0717. The normalized spacial score (nSPS) is 11.1. The van der Waals surface area contributed by atoms with E-state index in [4.69, 9.17) is 4.42 Å². The second-order valence-corrected chi connectivity index (χ2v) is 9.21. The lowest BCUT2D eigenvalue weighted by atomic mass is 10.3. The Kier molecular flexibility index (Phi) is 7.71. The van der Waals surface area contributed by atoms with Crippen LogP contribution in [0.1, 0.15) is 19.2 Å². The maximum absolute atomic E-state index is 12.9. The van der Waals surface area contributed by atoms with Gasteiger partial charge in [0.15, 0.2) is 0 Å². The van der Waals surface area contributed by atoms with E-state index in [9.17, 15) is 4.79 Å². The summed E-state index contributed by atoms with van der Waals surface area (Å²) in [5, 5.41) is 13.3. The van der Waals surface area contributed by atoms with E-state index in [1.54, 1.807) is 23.1 Å². The van der Waals surface area contributed by atoms with Crippen LogP contribution >= 0.6 is 23.1 Å². The van der Waals surface area contributed by atoms with E-state index in [0.717, 1.165) is 33.3 Å². The van der Waals surface area contributed by atoms with Gasteiger partial charge in [-0.1, -0.05) is 55.1 Å². The van der Waals surface area contributed by atoms with Crippen molar-refractivity contribution in [1.82, 2.24) is 15.1 Å². The molecule has 0 aliphatic heterocycles. The molecule has 8 heteroatoms. The van der Waals surface area contributed by atoms with Gasteiger partial charge in [-0.3, -0.25) is 9.69 Å². The van der Waals surface area contributed by atoms with Crippen molar-refractivity contribution < 1.29 is 9.21 Å². The Morgan fingerprint density at radius 2 is 1.88 bits per heavy atom. The minimum Gasteiger partial charge on any atom is -0.419 e.